The molecule has 0 spiro atoms. The van der Waals surface area contributed by atoms with E-state index in [9.17, 15) is 4.79 Å². The highest BCUT2D eigenvalue weighted by atomic mass is 16.5. The number of carbonyl (C=O) groups is 1. The van der Waals surface area contributed by atoms with Crippen LogP contribution in [-0.4, -0.2) is 42.3 Å². The van der Waals surface area contributed by atoms with Gasteiger partial charge in [-0.15, -0.1) is 0 Å². The van der Waals surface area contributed by atoms with E-state index in [1.807, 2.05) is 20.2 Å². The number of carbonyl (C=O) groups excluding carboxylic acids is 1. The van der Waals surface area contributed by atoms with Crippen LogP contribution in [-0.2, 0) is 40.8 Å². The van der Waals surface area contributed by atoms with Gasteiger partial charge in [-0.3, -0.25) is 9.69 Å². The zero-order chi connectivity index (χ0) is 16.4. The maximum absolute atomic E-state index is 11.6. The molecule has 23 heavy (non-hydrogen) atoms. The second-order valence-corrected chi connectivity index (χ2v) is 6.06. The summed E-state index contributed by atoms with van der Waals surface area (Å²) in [6.45, 7) is 6.43. The Kier molecular flexibility index (Phi) is 4.68. The fourth-order valence-corrected chi connectivity index (χ4v) is 3.29. The van der Waals surface area contributed by atoms with E-state index in [0.29, 0.717) is 6.42 Å². The third kappa shape index (κ3) is 3.26. The Morgan fingerprint density at radius 2 is 2.00 bits per heavy atom. The summed E-state index contributed by atoms with van der Waals surface area (Å²) in [5.41, 5.74) is 4.94. The van der Waals surface area contributed by atoms with Gasteiger partial charge < -0.3 is 14.0 Å². The van der Waals surface area contributed by atoms with Crippen LogP contribution in [0.15, 0.2) is 18.3 Å². The fraction of sp³-hybridized carbons (Fsp3) is 0.500. The molecule has 0 atom stereocenters. The van der Waals surface area contributed by atoms with Crippen LogP contribution in [0.25, 0.3) is 10.9 Å². The van der Waals surface area contributed by atoms with Crippen LogP contribution in [0.3, 0.4) is 0 Å². The van der Waals surface area contributed by atoms with Gasteiger partial charge in [0.05, 0.1) is 20.1 Å². The smallest absolute Gasteiger partial charge is 0.310 e. The van der Waals surface area contributed by atoms with Gasteiger partial charge in [0.25, 0.3) is 0 Å². The van der Waals surface area contributed by atoms with Crippen LogP contribution in [0.4, 0.5) is 0 Å². The number of hydrogen-bond acceptors (Lipinski definition) is 4. The first-order chi connectivity index (χ1) is 11.1. The Bertz CT molecular complexity index is 721. The molecule has 5 heteroatoms. The second-order valence-electron chi connectivity index (χ2n) is 6.06. The molecule has 0 bridgehead atoms. The molecule has 0 N–H and O–H groups in total. The number of benzene rings is 1. The molecule has 0 aliphatic carbocycles. The molecule has 1 aromatic carbocycles. The number of hydrogen-bond donors (Lipinski definition) is 0. The average molecular weight is 316 g/mol. The first kappa shape index (κ1) is 16.0. The van der Waals surface area contributed by atoms with Gasteiger partial charge in [0.1, 0.15) is 0 Å². The SMILES string of the molecule is CCOCCN1Cc2cc3c(CC(=O)OC)cn(C)c3cc2C1. The highest BCUT2D eigenvalue weighted by Crippen LogP contribution is 2.30. The first-order valence-corrected chi connectivity index (χ1v) is 8.09. The summed E-state index contributed by atoms with van der Waals surface area (Å²) in [5.74, 6) is -0.198. The van der Waals surface area contributed by atoms with Crippen molar-refractivity contribution in [1.82, 2.24) is 9.47 Å². The maximum atomic E-state index is 11.6. The van der Waals surface area contributed by atoms with E-state index < -0.39 is 0 Å². The molecule has 0 saturated carbocycles. The maximum Gasteiger partial charge on any atom is 0.310 e. The quantitative estimate of drug-likeness (QED) is 0.605. The lowest BCUT2D eigenvalue weighted by Crippen LogP contribution is -2.21. The van der Waals surface area contributed by atoms with Gasteiger partial charge in [-0.05, 0) is 35.7 Å². The average Bonchev–Trinajstić information content (AvgIpc) is 3.06. The molecular weight excluding hydrogens is 292 g/mol. The molecule has 1 aromatic heterocycles. The minimum atomic E-state index is -0.198. The molecule has 0 fully saturated rings. The van der Waals surface area contributed by atoms with Crippen molar-refractivity contribution in [1.29, 1.82) is 0 Å². The van der Waals surface area contributed by atoms with E-state index in [-0.39, 0.29) is 5.97 Å². The number of fused-ring (bicyclic) bond motifs is 2. The molecular formula is C18H24N2O3. The third-order valence-electron chi connectivity index (χ3n) is 4.50. The van der Waals surface area contributed by atoms with Gasteiger partial charge in [0.15, 0.2) is 0 Å². The monoisotopic (exact) mass is 316 g/mol. The van der Waals surface area contributed by atoms with E-state index in [1.54, 1.807) is 0 Å². The van der Waals surface area contributed by atoms with E-state index in [4.69, 9.17) is 9.47 Å². The second kappa shape index (κ2) is 6.72. The molecule has 0 radical (unpaired) electrons. The molecule has 2 aromatic rings. The molecule has 0 saturated heterocycles. The van der Waals surface area contributed by atoms with Crippen molar-refractivity contribution < 1.29 is 14.3 Å². The summed E-state index contributed by atoms with van der Waals surface area (Å²) < 4.78 is 12.4. The first-order valence-electron chi connectivity index (χ1n) is 8.09. The standard InChI is InChI=1S/C18H24N2O3/c1-4-23-6-5-20-11-13-7-16-15(9-18(21)22-3)10-19(2)17(16)8-14(13)12-20/h7-8,10H,4-6,9,11-12H2,1-3H3. The van der Waals surface area contributed by atoms with Gasteiger partial charge in [0.2, 0.25) is 0 Å². The summed E-state index contributed by atoms with van der Waals surface area (Å²) in [7, 11) is 3.46. The summed E-state index contributed by atoms with van der Waals surface area (Å²) in [4.78, 5) is 14.0. The van der Waals surface area contributed by atoms with Crippen molar-refractivity contribution in [3.8, 4) is 0 Å². The number of aromatic nitrogens is 1. The van der Waals surface area contributed by atoms with Gasteiger partial charge in [-0.25, -0.2) is 0 Å². The lowest BCUT2D eigenvalue weighted by molar-refractivity contribution is -0.139. The van der Waals surface area contributed by atoms with Crippen molar-refractivity contribution in [3.05, 3.63) is 35.0 Å². The zero-order valence-corrected chi connectivity index (χ0v) is 14.1. The number of rotatable bonds is 6. The molecule has 1 aliphatic heterocycles. The van der Waals surface area contributed by atoms with Crippen molar-refractivity contribution in [2.24, 2.45) is 7.05 Å². The van der Waals surface area contributed by atoms with Crippen LogP contribution < -0.4 is 0 Å². The Morgan fingerprint density at radius 3 is 2.70 bits per heavy atom. The van der Waals surface area contributed by atoms with Gasteiger partial charge in [0, 0.05) is 50.4 Å². The number of aryl methyl sites for hydroxylation is 1. The van der Waals surface area contributed by atoms with E-state index in [0.717, 1.165) is 43.8 Å². The minimum Gasteiger partial charge on any atom is -0.469 e. The molecule has 1 aliphatic rings. The van der Waals surface area contributed by atoms with E-state index in [1.165, 1.54) is 23.8 Å². The topological polar surface area (TPSA) is 43.7 Å². The highest BCUT2D eigenvalue weighted by Gasteiger charge is 2.21. The lowest BCUT2D eigenvalue weighted by atomic mass is 10.0. The fourth-order valence-electron chi connectivity index (χ4n) is 3.29. The lowest BCUT2D eigenvalue weighted by Gasteiger charge is -2.13. The van der Waals surface area contributed by atoms with Crippen LogP contribution in [0, 0.1) is 0 Å². The zero-order valence-electron chi connectivity index (χ0n) is 14.1. The molecule has 3 rings (SSSR count). The van der Waals surface area contributed by atoms with Crippen LogP contribution >= 0.6 is 0 Å². The summed E-state index contributed by atoms with van der Waals surface area (Å²) in [6, 6.07) is 4.50. The van der Waals surface area contributed by atoms with Crippen LogP contribution in [0.1, 0.15) is 23.6 Å². The van der Waals surface area contributed by atoms with Gasteiger partial charge in [-0.1, -0.05) is 0 Å². The summed E-state index contributed by atoms with van der Waals surface area (Å²) in [5, 5.41) is 1.16. The Labute approximate surface area is 136 Å². The Morgan fingerprint density at radius 1 is 1.26 bits per heavy atom. The molecule has 5 nitrogen and oxygen atoms in total. The third-order valence-corrected chi connectivity index (χ3v) is 4.50. The molecule has 0 amide bonds. The highest BCUT2D eigenvalue weighted by molar-refractivity contribution is 5.89. The normalized spacial score (nSPS) is 14.4. The minimum absolute atomic E-state index is 0.198. The van der Waals surface area contributed by atoms with Crippen molar-refractivity contribution in [2.75, 3.05) is 26.9 Å². The molecule has 124 valence electrons. The molecule has 0 unspecified atom stereocenters. The van der Waals surface area contributed by atoms with E-state index >= 15 is 0 Å². The largest absolute Gasteiger partial charge is 0.469 e. The van der Waals surface area contributed by atoms with Gasteiger partial charge >= 0.3 is 5.97 Å². The Hall–Kier alpha value is -1.85. The van der Waals surface area contributed by atoms with Gasteiger partial charge in [-0.2, -0.15) is 0 Å². The number of esters is 1. The van der Waals surface area contributed by atoms with Crippen LogP contribution in [0.2, 0.25) is 0 Å². The van der Waals surface area contributed by atoms with Crippen molar-refractivity contribution in [2.45, 2.75) is 26.4 Å². The number of nitrogens with zero attached hydrogens (tertiary/aromatic N) is 2. The van der Waals surface area contributed by atoms with Crippen molar-refractivity contribution in [3.63, 3.8) is 0 Å². The number of methoxy groups -OCH3 is 1. The van der Waals surface area contributed by atoms with Crippen LogP contribution in [0.5, 0.6) is 0 Å². The summed E-state index contributed by atoms with van der Waals surface area (Å²) in [6.07, 6.45) is 2.35. The number of ether oxygens (including phenoxy) is 2. The van der Waals surface area contributed by atoms with E-state index in [2.05, 4.69) is 21.6 Å². The summed E-state index contributed by atoms with van der Waals surface area (Å²) >= 11 is 0. The predicted octanol–water partition coefficient (Wildman–Crippen LogP) is 2.25. The predicted molar refractivity (Wildman–Crippen MR) is 89.2 cm³/mol. The van der Waals surface area contributed by atoms with Crippen molar-refractivity contribution >= 4 is 16.9 Å². The Balaban J connectivity index is 1.84. The molecule has 2 heterocycles.